The minimum absolute atomic E-state index is 0.119. The van der Waals surface area contributed by atoms with E-state index < -0.39 is 0 Å². The number of rotatable bonds is 4. The molecule has 0 aliphatic heterocycles. The van der Waals surface area contributed by atoms with E-state index in [1.165, 1.54) is 31.3 Å². The van der Waals surface area contributed by atoms with Gasteiger partial charge in [0.1, 0.15) is 5.75 Å². The van der Waals surface area contributed by atoms with Crippen LogP contribution >= 0.6 is 0 Å². The fourth-order valence-corrected chi connectivity index (χ4v) is 5.56. The van der Waals surface area contributed by atoms with Crippen molar-refractivity contribution in [3.8, 4) is 5.75 Å². The number of fused-ring (bicyclic) bond motifs is 1. The summed E-state index contributed by atoms with van der Waals surface area (Å²) < 4.78 is 0. The Morgan fingerprint density at radius 3 is 2.84 bits per heavy atom. The number of phenolic OH excluding ortho intramolecular Hbond substituents is 1. The van der Waals surface area contributed by atoms with Gasteiger partial charge in [-0.1, -0.05) is 32.9 Å². The molecule has 0 aromatic heterocycles. The number of aromatic hydroxyl groups is 1. The van der Waals surface area contributed by atoms with E-state index in [0.717, 1.165) is 24.1 Å². The third kappa shape index (κ3) is 2.98. The lowest BCUT2D eigenvalue weighted by Crippen LogP contribution is -2.51. The van der Waals surface area contributed by atoms with Crippen LogP contribution in [0.1, 0.15) is 58.4 Å². The minimum atomic E-state index is 0.119. The van der Waals surface area contributed by atoms with Crippen molar-refractivity contribution in [1.29, 1.82) is 0 Å². The molecule has 0 heterocycles. The molecule has 0 spiro atoms. The van der Waals surface area contributed by atoms with Gasteiger partial charge in [-0.25, -0.2) is 0 Å². The lowest BCUT2D eigenvalue weighted by Gasteiger charge is -2.59. The van der Waals surface area contributed by atoms with E-state index in [-0.39, 0.29) is 10.8 Å². The molecular formula is C22H31NO2. The molecule has 3 rings (SSSR count). The number of nitrogens with one attached hydrogen (secondary N) is 1. The summed E-state index contributed by atoms with van der Waals surface area (Å²) >= 11 is 0. The van der Waals surface area contributed by atoms with Crippen LogP contribution in [0.25, 0.3) is 0 Å². The van der Waals surface area contributed by atoms with E-state index >= 15 is 0 Å². The van der Waals surface area contributed by atoms with Crippen molar-refractivity contribution >= 4 is 12.1 Å². The maximum atomic E-state index is 10.8. The van der Waals surface area contributed by atoms with Crippen molar-refractivity contribution in [2.45, 2.75) is 59.3 Å². The number of carbonyl (C=O) groups is 1. The molecule has 4 atom stereocenters. The van der Waals surface area contributed by atoms with Crippen LogP contribution in [0.5, 0.6) is 5.75 Å². The number of benzene rings is 1. The molecule has 2 saturated carbocycles. The maximum absolute atomic E-state index is 10.8. The summed E-state index contributed by atoms with van der Waals surface area (Å²) in [7, 11) is 0. The Morgan fingerprint density at radius 2 is 2.12 bits per heavy atom. The van der Waals surface area contributed by atoms with Crippen molar-refractivity contribution in [2.75, 3.05) is 5.32 Å². The Balaban J connectivity index is 1.97. The van der Waals surface area contributed by atoms with Gasteiger partial charge in [0.2, 0.25) is 6.41 Å². The first-order chi connectivity index (χ1) is 11.8. The summed E-state index contributed by atoms with van der Waals surface area (Å²) in [6.45, 7) is 11.6. The average molecular weight is 341 g/mol. The van der Waals surface area contributed by atoms with Crippen molar-refractivity contribution in [3.63, 3.8) is 0 Å². The van der Waals surface area contributed by atoms with Gasteiger partial charge in [0, 0.05) is 5.69 Å². The number of carbonyl (C=O) groups excluding carboxylic acids is 1. The Bertz CT molecular complexity index is 683. The highest BCUT2D eigenvalue weighted by atomic mass is 16.3. The third-order valence-electron chi connectivity index (χ3n) is 7.44. The van der Waals surface area contributed by atoms with Gasteiger partial charge >= 0.3 is 0 Å². The van der Waals surface area contributed by atoms with Crippen LogP contribution in [0.4, 0.5) is 5.69 Å². The summed E-state index contributed by atoms with van der Waals surface area (Å²) in [6.07, 6.45) is 7.57. The van der Waals surface area contributed by atoms with Crippen molar-refractivity contribution in [3.05, 3.63) is 35.9 Å². The van der Waals surface area contributed by atoms with Crippen molar-refractivity contribution < 1.29 is 9.90 Å². The lowest BCUT2D eigenvalue weighted by atomic mass is 9.46. The zero-order chi connectivity index (χ0) is 18.2. The molecule has 0 bridgehead atoms. The Labute approximate surface area is 151 Å². The highest BCUT2D eigenvalue weighted by Gasteiger charge is 2.53. The van der Waals surface area contributed by atoms with E-state index in [4.69, 9.17) is 0 Å². The average Bonchev–Trinajstić information content (AvgIpc) is 2.57. The standard InChI is InChI=1S/C22H31NO2/c1-15-6-5-7-20-21(15,3)11-10-16(2)22(20,4)13-17-12-18(23-14-24)8-9-19(17)25/h8-9,12,14,16,20,25H,1,5-7,10-11,13H2,2-4H3,(H,23,24). The quantitative estimate of drug-likeness (QED) is 0.443. The second-order valence-corrected chi connectivity index (χ2v) is 8.69. The van der Waals surface area contributed by atoms with Gasteiger partial charge in [-0.2, -0.15) is 0 Å². The van der Waals surface area contributed by atoms with Gasteiger partial charge in [-0.15, -0.1) is 0 Å². The summed E-state index contributed by atoms with van der Waals surface area (Å²) in [6, 6.07) is 5.36. The number of phenols is 1. The van der Waals surface area contributed by atoms with Gasteiger partial charge in [-0.05, 0) is 85.0 Å². The number of hydrogen-bond donors (Lipinski definition) is 2. The second kappa shape index (κ2) is 6.51. The van der Waals surface area contributed by atoms with Gasteiger partial charge in [0.05, 0.1) is 0 Å². The molecule has 25 heavy (non-hydrogen) atoms. The molecule has 1 aromatic rings. The van der Waals surface area contributed by atoms with E-state index in [1.807, 2.05) is 6.07 Å². The van der Waals surface area contributed by atoms with Crippen LogP contribution < -0.4 is 5.32 Å². The molecular weight excluding hydrogens is 310 g/mol. The maximum Gasteiger partial charge on any atom is 0.211 e. The van der Waals surface area contributed by atoms with Crippen LogP contribution in [0.15, 0.2) is 30.4 Å². The van der Waals surface area contributed by atoms with Crippen LogP contribution in [-0.2, 0) is 11.2 Å². The smallest absolute Gasteiger partial charge is 0.211 e. The zero-order valence-corrected chi connectivity index (χ0v) is 15.8. The van der Waals surface area contributed by atoms with Gasteiger partial charge < -0.3 is 10.4 Å². The molecule has 136 valence electrons. The van der Waals surface area contributed by atoms with Crippen molar-refractivity contribution in [2.24, 2.45) is 22.7 Å². The molecule has 3 nitrogen and oxygen atoms in total. The fourth-order valence-electron chi connectivity index (χ4n) is 5.56. The summed E-state index contributed by atoms with van der Waals surface area (Å²) in [5.74, 6) is 1.51. The van der Waals surface area contributed by atoms with Gasteiger partial charge in [0.15, 0.2) is 0 Å². The molecule has 2 aliphatic carbocycles. The molecule has 1 aromatic carbocycles. The first-order valence-corrected chi connectivity index (χ1v) is 9.51. The van der Waals surface area contributed by atoms with Crippen LogP contribution in [0.3, 0.4) is 0 Å². The van der Waals surface area contributed by atoms with Crippen LogP contribution in [-0.4, -0.2) is 11.5 Å². The molecule has 2 fully saturated rings. The number of hydrogen-bond acceptors (Lipinski definition) is 2. The molecule has 4 unspecified atom stereocenters. The summed E-state index contributed by atoms with van der Waals surface area (Å²) in [5, 5.41) is 13.1. The molecule has 0 saturated heterocycles. The van der Waals surface area contributed by atoms with Gasteiger partial charge in [-0.3, -0.25) is 4.79 Å². The fraction of sp³-hybridized carbons (Fsp3) is 0.591. The van der Waals surface area contributed by atoms with E-state index in [1.54, 1.807) is 12.1 Å². The SMILES string of the molecule is C=C1CCCC2C1(C)CCC(C)C2(C)Cc1cc(NC=O)ccc1O. The summed E-state index contributed by atoms with van der Waals surface area (Å²) in [4.78, 5) is 10.8. The van der Waals surface area contributed by atoms with Crippen molar-refractivity contribution in [1.82, 2.24) is 0 Å². The Morgan fingerprint density at radius 1 is 1.36 bits per heavy atom. The zero-order valence-electron chi connectivity index (χ0n) is 15.8. The number of anilines is 1. The number of allylic oxidation sites excluding steroid dienone is 1. The topological polar surface area (TPSA) is 49.3 Å². The Hall–Kier alpha value is -1.77. The largest absolute Gasteiger partial charge is 0.508 e. The molecule has 3 heteroatoms. The molecule has 2 N–H and O–H groups in total. The lowest BCUT2D eigenvalue weighted by molar-refractivity contribution is -0.105. The predicted molar refractivity (Wildman–Crippen MR) is 103 cm³/mol. The molecule has 2 aliphatic rings. The molecule has 0 radical (unpaired) electrons. The number of amides is 1. The minimum Gasteiger partial charge on any atom is -0.508 e. The summed E-state index contributed by atoms with van der Waals surface area (Å²) in [5.41, 5.74) is 3.43. The predicted octanol–water partition coefficient (Wildman–Crippen LogP) is 5.30. The first kappa shape index (κ1) is 18.0. The van der Waals surface area contributed by atoms with E-state index in [0.29, 0.717) is 24.0 Å². The van der Waals surface area contributed by atoms with Crippen LogP contribution in [0, 0.1) is 22.7 Å². The monoisotopic (exact) mass is 341 g/mol. The molecule has 1 amide bonds. The second-order valence-electron chi connectivity index (χ2n) is 8.69. The first-order valence-electron chi connectivity index (χ1n) is 9.51. The highest BCUT2D eigenvalue weighted by Crippen LogP contribution is 2.62. The highest BCUT2D eigenvalue weighted by molar-refractivity contribution is 5.72. The van der Waals surface area contributed by atoms with E-state index in [9.17, 15) is 9.90 Å². The normalized spacial score (nSPS) is 35.1. The Kier molecular flexibility index (Phi) is 4.70. The third-order valence-corrected chi connectivity index (χ3v) is 7.44. The van der Waals surface area contributed by atoms with Crippen LogP contribution in [0.2, 0.25) is 0 Å². The van der Waals surface area contributed by atoms with Gasteiger partial charge in [0.25, 0.3) is 0 Å². The van der Waals surface area contributed by atoms with E-state index in [2.05, 4.69) is 32.7 Å².